The van der Waals surface area contributed by atoms with Crippen LogP contribution in [0.3, 0.4) is 0 Å². The molecule has 0 unspecified atom stereocenters. The minimum atomic E-state index is -0.666. The van der Waals surface area contributed by atoms with E-state index in [0.717, 1.165) is 0 Å². The third-order valence-corrected chi connectivity index (χ3v) is 2.95. The molecule has 0 aliphatic carbocycles. The van der Waals surface area contributed by atoms with Crippen LogP contribution in [0.25, 0.3) is 0 Å². The van der Waals surface area contributed by atoms with Crippen LogP contribution in [0.2, 0.25) is 5.02 Å². The maximum absolute atomic E-state index is 13.5. The van der Waals surface area contributed by atoms with Crippen molar-refractivity contribution >= 4 is 33.3 Å². The minimum absolute atomic E-state index is 0.0343. The highest BCUT2D eigenvalue weighted by Crippen LogP contribution is 2.26. The van der Waals surface area contributed by atoms with Crippen LogP contribution in [0.4, 0.5) is 4.39 Å². The van der Waals surface area contributed by atoms with Gasteiger partial charge in [-0.25, -0.2) is 4.39 Å². The molecule has 0 aliphatic rings. The van der Waals surface area contributed by atoms with E-state index in [-0.39, 0.29) is 16.3 Å². The van der Waals surface area contributed by atoms with Gasteiger partial charge in [-0.05, 0) is 34.1 Å². The molecule has 5 heteroatoms. The molecule has 0 saturated carbocycles. The summed E-state index contributed by atoms with van der Waals surface area (Å²) >= 11 is 8.91. The Morgan fingerprint density at radius 1 is 1.38 bits per heavy atom. The number of carbonyl (C=O) groups is 1. The molecule has 0 bridgehead atoms. The second-order valence-corrected chi connectivity index (χ2v) is 4.28. The highest BCUT2D eigenvalue weighted by molar-refractivity contribution is 9.10. The zero-order valence-electron chi connectivity index (χ0n) is 7.84. The van der Waals surface area contributed by atoms with E-state index in [1.807, 2.05) is 0 Å². The number of halogens is 3. The van der Waals surface area contributed by atoms with Crippen molar-refractivity contribution in [2.45, 2.75) is 0 Å². The number of rotatable bonds is 2. The number of furan rings is 1. The monoisotopic (exact) mass is 302 g/mol. The van der Waals surface area contributed by atoms with E-state index in [2.05, 4.69) is 15.9 Å². The van der Waals surface area contributed by atoms with E-state index in [1.54, 1.807) is 6.07 Å². The van der Waals surface area contributed by atoms with Gasteiger partial charge in [0.25, 0.3) is 0 Å². The first-order chi connectivity index (χ1) is 7.61. The molecule has 0 fully saturated rings. The smallest absolute Gasteiger partial charge is 0.233 e. The summed E-state index contributed by atoms with van der Waals surface area (Å²) in [5.41, 5.74) is -0.181. The van der Waals surface area contributed by atoms with E-state index in [0.29, 0.717) is 4.47 Å². The van der Waals surface area contributed by atoms with Gasteiger partial charge in [-0.1, -0.05) is 17.7 Å². The van der Waals surface area contributed by atoms with Crippen molar-refractivity contribution in [1.82, 2.24) is 0 Å². The lowest BCUT2D eigenvalue weighted by atomic mass is 10.1. The van der Waals surface area contributed by atoms with Crippen molar-refractivity contribution in [3.05, 3.63) is 57.2 Å². The number of hydrogen-bond donors (Lipinski definition) is 0. The van der Waals surface area contributed by atoms with Crippen molar-refractivity contribution in [2.75, 3.05) is 0 Å². The van der Waals surface area contributed by atoms with Crippen molar-refractivity contribution < 1.29 is 13.6 Å². The summed E-state index contributed by atoms with van der Waals surface area (Å²) < 4.78 is 18.9. The van der Waals surface area contributed by atoms with Gasteiger partial charge in [0.1, 0.15) is 5.82 Å². The fraction of sp³-hybridized carbons (Fsp3) is 0. The molecule has 2 nitrogen and oxygen atoms in total. The van der Waals surface area contributed by atoms with Gasteiger partial charge < -0.3 is 4.42 Å². The SMILES string of the molecule is O=C(c1occc1Br)c1c(F)cccc1Cl. The molecule has 0 radical (unpaired) electrons. The van der Waals surface area contributed by atoms with Gasteiger partial charge in [0.05, 0.1) is 21.3 Å². The van der Waals surface area contributed by atoms with Crippen molar-refractivity contribution in [3.63, 3.8) is 0 Å². The molecule has 0 amide bonds. The molecule has 0 N–H and O–H groups in total. The lowest BCUT2D eigenvalue weighted by Crippen LogP contribution is -2.04. The summed E-state index contributed by atoms with van der Waals surface area (Å²) in [7, 11) is 0. The Morgan fingerprint density at radius 2 is 2.12 bits per heavy atom. The number of hydrogen-bond acceptors (Lipinski definition) is 2. The molecule has 1 aromatic heterocycles. The Bertz CT molecular complexity index is 530. The van der Waals surface area contributed by atoms with E-state index < -0.39 is 11.6 Å². The van der Waals surface area contributed by atoms with Crippen LogP contribution in [-0.2, 0) is 0 Å². The van der Waals surface area contributed by atoms with Gasteiger partial charge in [0.2, 0.25) is 5.78 Å². The summed E-state index contributed by atoms with van der Waals surface area (Å²) in [6.45, 7) is 0. The standard InChI is InChI=1S/C11H5BrClFO2/c12-6-4-5-16-11(6)10(15)9-7(13)2-1-3-8(9)14/h1-5H. The Kier molecular flexibility index (Phi) is 3.12. The van der Waals surface area contributed by atoms with Gasteiger partial charge >= 0.3 is 0 Å². The van der Waals surface area contributed by atoms with E-state index in [4.69, 9.17) is 16.0 Å². The Balaban J connectivity index is 2.54. The third-order valence-electron chi connectivity index (χ3n) is 2.01. The third kappa shape index (κ3) is 1.90. The van der Waals surface area contributed by atoms with Crippen LogP contribution in [0.5, 0.6) is 0 Å². The largest absolute Gasteiger partial charge is 0.460 e. The lowest BCUT2D eigenvalue weighted by Gasteiger charge is -2.02. The van der Waals surface area contributed by atoms with E-state index in [9.17, 15) is 9.18 Å². The quantitative estimate of drug-likeness (QED) is 0.783. The Hall–Kier alpha value is -1.13. The first-order valence-corrected chi connectivity index (χ1v) is 5.50. The van der Waals surface area contributed by atoms with Gasteiger partial charge in [-0.2, -0.15) is 0 Å². The highest BCUT2D eigenvalue weighted by atomic mass is 79.9. The molecular formula is C11H5BrClFO2. The minimum Gasteiger partial charge on any atom is -0.460 e. The topological polar surface area (TPSA) is 30.2 Å². The number of ketones is 1. The van der Waals surface area contributed by atoms with Gasteiger partial charge in [-0.3, -0.25) is 4.79 Å². The first kappa shape index (κ1) is 11.4. The molecule has 0 atom stereocenters. The molecule has 0 spiro atoms. The van der Waals surface area contributed by atoms with Crippen molar-refractivity contribution in [1.29, 1.82) is 0 Å². The maximum atomic E-state index is 13.5. The normalized spacial score (nSPS) is 10.4. The van der Waals surface area contributed by atoms with Gasteiger partial charge in [-0.15, -0.1) is 0 Å². The van der Waals surface area contributed by atoms with Gasteiger partial charge in [0.15, 0.2) is 5.76 Å². The van der Waals surface area contributed by atoms with Crippen LogP contribution in [0, 0.1) is 5.82 Å². The predicted octanol–water partition coefficient (Wildman–Crippen LogP) is 4.07. The maximum Gasteiger partial charge on any atom is 0.233 e. The molecule has 82 valence electrons. The summed E-state index contributed by atoms with van der Waals surface area (Å²) in [6, 6.07) is 5.62. The molecule has 0 aliphatic heterocycles. The molecule has 2 rings (SSSR count). The second kappa shape index (κ2) is 4.39. The van der Waals surface area contributed by atoms with Crippen LogP contribution in [-0.4, -0.2) is 5.78 Å². The average molecular weight is 304 g/mol. The molecule has 1 aromatic carbocycles. The van der Waals surface area contributed by atoms with Crippen LogP contribution in [0.15, 0.2) is 39.4 Å². The zero-order chi connectivity index (χ0) is 11.7. The summed E-state index contributed by atoms with van der Waals surface area (Å²) in [5.74, 6) is -1.22. The summed E-state index contributed by atoms with van der Waals surface area (Å²) in [5, 5.41) is 0.0632. The van der Waals surface area contributed by atoms with Gasteiger partial charge in [0, 0.05) is 0 Å². The summed E-state index contributed by atoms with van der Waals surface area (Å²) in [6.07, 6.45) is 1.34. The van der Waals surface area contributed by atoms with Crippen LogP contribution < -0.4 is 0 Å². The highest BCUT2D eigenvalue weighted by Gasteiger charge is 2.22. The predicted molar refractivity (Wildman–Crippen MR) is 61.3 cm³/mol. The van der Waals surface area contributed by atoms with Crippen LogP contribution >= 0.6 is 27.5 Å². The fourth-order valence-electron chi connectivity index (χ4n) is 1.28. The van der Waals surface area contributed by atoms with Crippen LogP contribution in [0.1, 0.15) is 16.1 Å². The van der Waals surface area contributed by atoms with Crippen molar-refractivity contribution in [3.8, 4) is 0 Å². The second-order valence-electron chi connectivity index (χ2n) is 3.02. The fourth-order valence-corrected chi connectivity index (χ4v) is 1.91. The van der Waals surface area contributed by atoms with Crippen molar-refractivity contribution in [2.24, 2.45) is 0 Å². The average Bonchev–Trinajstić information content (AvgIpc) is 2.64. The molecular weight excluding hydrogens is 298 g/mol. The molecule has 1 heterocycles. The molecule has 0 saturated heterocycles. The lowest BCUT2D eigenvalue weighted by molar-refractivity contribution is 0.100. The Labute approximate surface area is 104 Å². The number of carbonyl (C=O) groups excluding carboxylic acids is 1. The Morgan fingerprint density at radius 3 is 2.69 bits per heavy atom. The molecule has 2 aromatic rings. The number of benzene rings is 1. The first-order valence-electron chi connectivity index (χ1n) is 4.33. The molecule has 16 heavy (non-hydrogen) atoms. The summed E-state index contributed by atoms with van der Waals surface area (Å²) in [4.78, 5) is 11.9. The van der Waals surface area contributed by atoms with E-state index in [1.165, 1.54) is 24.5 Å². The van der Waals surface area contributed by atoms with E-state index >= 15 is 0 Å². The zero-order valence-corrected chi connectivity index (χ0v) is 10.2.